The molecule has 4 nitrogen and oxygen atoms in total. The molecule has 30 heavy (non-hydrogen) atoms. The van der Waals surface area contributed by atoms with Gasteiger partial charge < -0.3 is 10.2 Å². The molecule has 3 aromatic rings. The molecule has 156 valence electrons. The van der Waals surface area contributed by atoms with Crippen molar-refractivity contribution in [3.8, 4) is 0 Å². The van der Waals surface area contributed by atoms with E-state index < -0.39 is 6.04 Å². The highest BCUT2D eigenvalue weighted by Gasteiger charge is 2.27. The summed E-state index contributed by atoms with van der Waals surface area (Å²) in [5.41, 5.74) is 2.33. The van der Waals surface area contributed by atoms with E-state index in [2.05, 4.69) is 41.7 Å². The van der Waals surface area contributed by atoms with Crippen molar-refractivity contribution in [2.24, 2.45) is 0 Å². The third-order valence-electron chi connectivity index (χ3n) is 5.60. The maximum atomic E-state index is 13.2. The zero-order valence-corrected chi connectivity index (χ0v) is 17.8. The first-order valence-corrected chi connectivity index (χ1v) is 10.7. The number of rotatable bonds is 9. The topological polar surface area (TPSA) is 49.4 Å². The van der Waals surface area contributed by atoms with Crippen molar-refractivity contribution in [1.82, 2.24) is 10.2 Å². The second-order valence-corrected chi connectivity index (χ2v) is 7.50. The first-order valence-electron chi connectivity index (χ1n) is 10.7. The summed E-state index contributed by atoms with van der Waals surface area (Å²) < 4.78 is 0. The molecule has 0 aromatic heterocycles. The molecule has 1 N–H and O–H groups in total. The van der Waals surface area contributed by atoms with Gasteiger partial charge in [0, 0.05) is 20.0 Å². The first-order chi connectivity index (χ1) is 14.6. The van der Waals surface area contributed by atoms with Crippen LogP contribution < -0.4 is 5.32 Å². The Bertz CT molecular complexity index is 979. The van der Waals surface area contributed by atoms with Crippen molar-refractivity contribution >= 4 is 22.6 Å². The van der Waals surface area contributed by atoms with Crippen LogP contribution in [-0.2, 0) is 22.4 Å². The normalized spacial score (nSPS) is 11.8. The van der Waals surface area contributed by atoms with Crippen LogP contribution in [0.5, 0.6) is 0 Å². The summed E-state index contributed by atoms with van der Waals surface area (Å²) in [6, 6.07) is 24.1. The van der Waals surface area contributed by atoms with Crippen molar-refractivity contribution in [2.75, 3.05) is 13.6 Å². The van der Waals surface area contributed by atoms with Crippen LogP contribution in [0.1, 0.15) is 30.9 Å². The van der Waals surface area contributed by atoms with Gasteiger partial charge in [0.05, 0.1) is 0 Å². The lowest BCUT2D eigenvalue weighted by Crippen LogP contribution is -2.49. The number of aryl methyl sites for hydroxylation is 1. The fraction of sp³-hybridized carbons (Fsp3) is 0.308. The first kappa shape index (κ1) is 21.6. The Morgan fingerprint density at radius 3 is 2.33 bits per heavy atom. The minimum atomic E-state index is -0.446. The number of carbonyl (C=O) groups excluding carboxylic acids is 2. The van der Waals surface area contributed by atoms with E-state index in [0.717, 1.165) is 17.5 Å². The van der Waals surface area contributed by atoms with Gasteiger partial charge in [-0.1, -0.05) is 79.7 Å². The average molecular weight is 403 g/mol. The molecular weight excluding hydrogens is 372 g/mol. The molecule has 0 heterocycles. The summed E-state index contributed by atoms with van der Waals surface area (Å²) in [7, 11) is 1.63. The van der Waals surface area contributed by atoms with Crippen LogP contribution in [0.3, 0.4) is 0 Å². The fourth-order valence-electron chi connectivity index (χ4n) is 3.96. The van der Waals surface area contributed by atoms with Crippen molar-refractivity contribution in [2.45, 2.75) is 38.6 Å². The summed E-state index contributed by atoms with van der Waals surface area (Å²) in [6.45, 7) is 2.48. The Morgan fingerprint density at radius 1 is 0.900 bits per heavy atom. The molecule has 1 atom stereocenters. The standard InChI is InChI=1S/C26H30N2O2/c1-3-24(26(30)27-2)28(19-18-20-10-5-4-6-11-20)25(29)17-16-22-14-9-13-21-12-7-8-15-23(21)22/h4-15,24H,3,16-19H2,1-2H3,(H,27,30)/t24-/m0/s1. The largest absolute Gasteiger partial charge is 0.357 e. The molecule has 0 aliphatic carbocycles. The smallest absolute Gasteiger partial charge is 0.242 e. The van der Waals surface area contributed by atoms with Crippen LogP contribution in [0, 0.1) is 0 Å². The van der Waals surface area contributed by atoms with E-state index in [4.69, 9.17) is 0 Å². The molecule has 0 saturated carbocycles. The van der Waals surface area contributed by atoms with E-state index in [1.807, 2.05) is 43.3 Å². The molecular formula is C26H30N2O2. The van der Waals surface area contributed by atoms with Gasteiger partial charge in [-0.25, -0.2) is 0 Å². The molecule has 0 aliphatic rings. The summed E-state index contributed by atoms with van der Waals surface area (Å²) in [6.07, 6.45) is 2.37. The van der Waals surface area contributed by atoms with Crippen LogP contribution in [0.4, 0.5) is 0 Å². The second-order valence-electron chi connectivity index (χ2n) is 7.50. The highest BCUT2D eigenvalue weighted by molar-refractivity contribution is 5.89. The molecule has 0 unspecified atom stereocenters. The number of carbonyl (C=O) groups is 2. The summed E-state index contributed by atoms with van der Waals surface area (Å²) >= 11 is 0. The number of likely N-dealkylation sites (N-methyl/N-ethyl adjacent to an activating group) is 1. The molecule has 0 fully saturated rings. The minimum absolute atomic E-state index is 0.0225. The number of amides is 2. The van der Waals surface area contributed by atoms with Crippen molar-refractivity contribution in [3.05, 3.63) is 83.9 Å². The molecule has 0 aliphatic heterocycles. The predicted octanol–water partition coefficient (Wildman–Crippen LogP) is 4.37. The summed E-state index contributed by atoms with van der Waals surface area (Å²) in [5.74, 6) is -0.0848. The van der Waals surface area contributed by atoms with E-state index in [1.165, 1.54) is 10.8 Å². The minimum Gasteiger partial charge on any atom is -0.357 e. The molecule has 4 heteroatoms. The van der Waals surface area contributed by atoms with Crippen molar-refractivity contribution in [3.63, 3.8) is 0 Å². The molecule has 3 aromatic carbocycles. The predicted molar refractivity (Wildman–Crippen MR) is 122 cm³/mol. The third-order valence-corrected chi connectivity index (χ3v) is 5.60. The van der Waals surface area contributed by atoms with Gasteiger partial charge in [-0.15, -0.1) is 0 Å². The number of nitrogens with zero attached hydrogens (tertiary/aromatic N) is 1. The monoisotopic (exact) mass is 402 g/mol. The Morgan fingerprint density at radius 2 is 1.60 bits per heavy atom. The van der Waals surface area contributed by atoms with E-state index >= 15 is 0 Å². The lowest BCUT2D eigenvalue weighted by atomic mass is 10.00. The number of nitrogens with one attached hydrogen (secondary N) is 1. The lowest BCUT2D eigenvalue weighted by molar-refractivity contribution is -0.140. The summed E-state index contributed by atoms with van der Waals surface area (Å²) in [4.78, 5) is 27.4. The van der Waals surface area contributed by atoms with Gasteiger partial charge in [0.15, 0.2) is 0 Å². The molecule has 0 saturated heterocycles. The van der Waals surface area contributed by atoms with Gasteiger partial charge in [0.1, 0.15) is 6.04 Å². The maximum Gasteiger partial charge on any atom is 0.242 e. The van der Waals surface area contributed by atoms with E-state index in [0.29, 0.717) is 25.8 Å². The van der Waals surface area contributed by atoms with Crippen LogP contribution in [0.25, 0.3) is 10.8 Å². The number of hydrogen-bond donors (Lipinski definition) is 1. The van der Waals surface area contributed by atoms with Crippen LogP contribution in [0.15, 0.2) is 72.8 Å². The Labute approximate surface area is 178 Å². The summed E-state index contributed by atoms with van der Waals surface area (Å²) in [5, 5.41) is 5.08. The molecule has 3 rings (SSSR count). The van der Waals surface area contributed by atoms with Crippen LogP contribution >= 0.6 is 0 Å². The van der Waals surface area contributed by atoms with Gasteiger partial charge in [-0.2, -0.15) is 0 Å². The average Bonchev–Trinajstić information content (AvgIpc) is 2.80. The quantitative estimate of drug-likeness (QED) is 0.578. The van der Waals surface area contributed by atoms with Crippen LogP contribution in [-0.4, -0.2) is 36.3 Å². The number of hydrogen-bond acceptors (Lipinski definition) is 2. The van der Waals surface area contributed by atoms with Gasteiger partial charge in [-0.05, 0) is 41.2 Å². The lowest BCUT2D eigenvalue weighted by Gasteiger charge is -2.30. The van der Waals surface area contributed by atoms with Crippen LogP contribution in [0.2, 0.25) is 0 Å². The van der Waals surface area contributed by atoms with Gasteiger partial charge >= 0.3 is 0 Å². The van der Waals surface area contributed by atoms with Gasteiger partial charge in [-0.3, -0.25) is 9.59 Å². The van der Waals surface area contributed by atoms with E-state index in [-0.39, 0.29) is 11.8 Å². The Hall–Kier alpha value is -3.14. The highest BCUT2D eigenvalue weighted by Crippen LogP contribution is 2.20. The number of fused-ring (bicyclic) bond motifs is 1. The maximum absolute atomic E-state index is 13.2. The SMILES string of the molecule is CC[C@@H](C(=O)NC)N(CCc1ccccc1)C(=O)CCc1cccc2ccccc12. The zero-order chi connectivity index (χ0) is 21.3. The third kappa shape index (κ3) is 5.26. The fourth-order valence-corrected chi connectivity index (χ4v) is 3.96. The van der Waals surface area contributed by atoms with Gasteiger partial charge in [0.2, 0.25) is 11.8 Å². The zero-order valence-electron chi connectivity index (χ0n) is 17.8. The van der Waals surface area contributed by atoms with E-state index in [1.54, 1.807) is 11.9 Å². The molecule has 0 bridgehead atoms. The Balaban J connectivity index is 1.75. The molecule has 0 radical (unpaired) electrons. The molecule has 2 amide bonds. The van der Waals surface area contributed by atoms with Crippen molar-refractivity contribution < 1.29 is 9.59 Å². The van der Waals surface area contributed by atoms with Gasteiger partial charge in [0.25, 0.3) is 0 Å². The molecule has 0 spiro atoms. The Kier molecular flexibility index (Phi) is 7.61. The second kappa shape index (κ2) is 10.6. The van der Waals surface area contributed by atoms with Crippen molar-refractivity contribution in [1.29, 1.82) is 0 Å². The number of benzene rings is 3. The highest BCUT2D eigenvalue weighted by atomic mass is 16.2. The van der Waals surface area contributed by atoms with E-state index in [9.17, 15) is 9.59 Å².